The van der Waals surface area contributed by atoms with E-state index in [1.807, 2.05) is 30.3 Å². The van der Waals surface area contributed by atoms with E-state index in [2.05, 4.69) is 20.1 Å². The Kier molecular flexibility index (Phi) is 5.44. The van der Waals surface area contributed by atoms with Crippen molar-refractivity contribution in [1.29, 1.82) is 0 Å². The summed E-state index contributed by atoms with van der Waals surface area (Å²) in [6, 6.07) is 14.8. The predicted octanol–water partition coefficient (Wildman–Crippen LogP) is 3.49. The largest absolute Gasteiger partial charge is 0.382 e. The van der Waals surface area contributed by atoms with Gasteiger partial charge in [-0.1, -0.05) is 35.5 Å². The van der Waals surface area contributed by atoms with E-state index in [0.717, 1.165) is 22.3 Å². The molecule has 174 valence electrons. The van der Waals surface area contributed by atoms with Crippen molar-refractivity contribution < 1.29 is 13.6 Å². The smallest absolute Gasteiger partial charge is 0.189 e. The van der Waals surface area contributed by atoms with Gasteiger partial charge in [0.15, 0.2) is 23.2 Å². The molecule has 0 aliphatic carbocycles. The Morgan fingerprint density at radius 1 is 1.03 bits per heavy atom. The van der Waals surface area contributed by atoms with Crippen LogP contribution in [0.4, 0.5) is 5.82 Å². The van der Waals surface area contributed by atoms with E-state index in [1.165, 1.54) is 0 Å². The third-order valence-corrected chi connectivity index (χ3v) is 7.48. The van der Waals surface area contributed by atoms with E-state index >= 15 is 0 Å². The molecule has 3 heterocycles. The Hall–Kier alpha value is -3.93. The highest BCUT2D eigenvalue weighted by Crippen LogP contribution is 2.55. The quantitative estimate of drug-likeness (QED) is 0.212. The van der Waals surface area contributed by atoms with Gasteiger partial charge in [-0.15, -0.1) is 0 Å². The number of aromatic nitrogens is 3. The summed E-state index contributed by atoms with van der Waals surface area (Å²) in [5.41, 5.74) is 22.0. The van der Waals surface area contributed by atoms with Gasteiger partial charge in [-0.2, -0.15) is 10.6 Å². The van der Waals surface area contributed by atoms with Gasteiger partial charge in [0.1, 0.15) is 5.69 Å². The molecule has 0 fully saturated rings. The molecule has 2 aromatic carbocycles. The summed E-state index contributed by atoms with van der Waals surface area (Å²) < 4.78 is 25.9. The number of hydrogen-bond acceptors (Lipinski definition) is 8. The molecule has 0 saturated carbocycles. The molecule has 4 aromatic rings. The number of benzene rings is 2. The second-order valence-corrected chi connectivity index (χ2v) is 10.1. The molecule has 0 saturated heterocycles. The highest BCUT2D eigenvalue weighted by Gasteiger charge is 2.27. The fourth-order valence-corrected chi connectivity index (χ4v) is 5.41. The van der Waals surface area contributed by atoms with Crippen molar-refractivity contribution in [3.05, 3.63) is 65.9 Å². The molecule has 34 heavy (non-hydrogen) atoms. The predicted molar refractivity (Wildman–Crippen MR) is 132 cm³/mol. The molecule has 0 atom stereocenters. The van der Waals surface area contributed by atoms with Crippen LogP contribution in [0.1, 0.15) is 11.1 Å². The van der Waals surface area contributed by atoms with Gasteiger partial charge in [-0.25, -0.2) is 15.0 Å². The number of aryl methyl sites for hydroxylation is 1. The number of hydrogen-bond donors (Lipinski definition) is 5. The summed E-state index contributed by atoms with van der Waals surface area (Å²) >= 11 is 0. The molecule has 0 amide bonds. The average molecular weight is 478 g/mol. The van der Waals surface area contributed by atoms with Crippen molar-refractivity contribution in [1.82, 2.24) is 15.1 Å². The van der Waals surface area contributed by atoms with Crippen LogP contribution in [0.5, 0.6) is 0 Å². The number of rotatable bonds is 5. The minimum atomic E-state index is -2.69. The van der Waals surface area contributed by atoms with Crippen LogP contribution in [0.25, 0.3) is 34.0 Å². The van der Waals surface area contributed by atoms with Crippen molar-refractivity contribution in [2.45, 2.75) is 17.9 Å². The molecule has 0 radical (unpaired) electrons. The maximum absolute atomic E-state index is 10.2. The maximum atomic E-state index is 10.2. The second-order valence-electron chi connectivity index (χ2n) is 7.95. The maximum Gasteiger partial charge on any atom is 0.189 e. The topological polar surface area (TPSA) is 183 Å². The van der Waals surface area contributed by atoms with Crippen LogP contribution in [0.2, 0.25) is 0 Å². The highest BCUT2D eigenvalue weighted by atomic mass is 32.3. The number of nitrogens with zero attached hydrogens (tertiary/aromatic N) is 4. The molecule has 5 rings (SSSR count). The van der Waals surface area contributed by atoms with E-state index in [9.17, 15) is 9.11 Å². The van der Waals surface area contributed by atoms with Gasteiger partial charge >= 0.3 is 0 Å². The standard InChI is InChI=1S/C23H23N7O3S/c24-22-21(19-10-17(30-33-19)14-3-1-13(2-4-14)11-28-23(25)26)29-18(12-27-22)15-5-6-20-16(9-15)7-8-34(20,31)32/h1-6,9-10,12,31-32H,7-8,11H2,(H2,24,27)(H4,25,26,28). The number of anilines is 1. The lowest BCUT2D eigenvalue weighted by molar-refractivity contribution is 0.434. The van der Waals surface area contributed by atoms with Crippen molar-refractivity contribution in [2.75, 3.05) is 11.5 Å². The van der Waals surface area contributed by atoms with Crippen molar-refractivity contribution >= 4 is 22.4 Å². The van der Waals surface area contributed by atoms with Gasteiger partial charge in [0.05, 0.1) is 23.3 Å². The first kappa shape index (κ1) is 21.9. The summed E-state index contributed by atoms with van der Waals surface area (Å²) in [5, 5.41) is 4.15. The molecule has 0 bridgehead atoms. The van der Waals surface area contributed by atoms with Gasteiger partial charge < -0.3 is 21.7 Å². The van der Waals surface area contributed by atoms with Gasteiger partial charge in [0.25, 0.3) is 0 Å². The molecule has 10 nitrogen and oxygen atoms in total. The summed E-state index contributed by atoms with van der Waals surface area (Å²) in [7, 11) is -2.69. The Labute approximate surface area is 196 Å². The summed E-state index contributed by atoms with van der Waals surface area (Å²) in [4.78, 5) is 13.5. The zero-order chi connectivity index (χ0) is 23.9. The molecular weight excluding hydrogens is 454 g/mol. The van der Waals surface area contributed by atoms with Gasteiger partial charge in [-0.3, -0.25) is 9.11 Å². The van der Waals surface area contributed by atoms with Crippen molar-refractivity contribution in [3.8, 4) is 34.0 Å². The number of guanidine groups is 1. The number of nitrogens with two attached hydrogens (primary N) is 3. The fourth-order valence-electron chi connectivity index (χ4n) is 3.82. The molecular formula is C23H23N7O3S. The van der Waals surface area contributed by atoms with Crippen LogP contribution in [0, 0.1) is 0 Å². The first-order valence-corrected chi connectivity index (χ1v) is 12.2. The zero-order valence-corrected chi connectivity index (χ0v) is 18.9. The first-order valence-electron chi connectivity index (χ1n) is 10.4. The lowest BCUT2D eigenvalue weighted by Crippen LogP contribution is -2.22. The zero-order valence-electron chi connectivity index (χ0n) is 18.0. The van der Waals surface area contributed by atoms with Crippen LogP contribution in [-0.2, 0) is 13.0 Å². The van der Waals surface area contributed by atoms with Gasteiger partial charge in [0, 0.05) is 22.9 Å². The minimum Gasteiger partial charge on any atom is -0.382 e. The second kappa shape index (κ2) is 8.45. The lowest BCUT2D eigenvalue weighted by Gasteiger charge is -2.27. The fraction of sp³-hybridized carbons (Fsp3) is 0.130. The molecule has 11 heteroatoms. The first-order chi connectivity index (χ1) is 16.3. The SMILES string of the molecule is NC(N)=NCc1ccc(-c2cc(-c3nc(-c4ccc5c(c4)CCS5(O)O)cnc3N)on2)cc1. The normalized spacial score (nSPS) is 15.0. The summed E-state index contributed by atoms with van der Waals surface area (Å²) in [6.07, 6.45) is 2.19. The number of nitrogen functional groups attached to an aromatic ring is 1. The van der Waals surface area contributed by atoms with Crippen molar-refractivity contribution in [3.63, 3.8) is 0 Å². The molecule has 0 unspecified atom stereocenters. The molecule has 2 aromatic heterocycles. The average Bonchev–Trinajstić information content (AvgIpc) is 3.43. The van der Waals surface area contributed by atoms with Crippen LogP contribution in [0.3, 0.4) is 0 Å². The molecule has 1 aliphatic rings. The highest BCUT2D eigenvalue weighted by molar-refractivity contribution is 8.24. The number of aliphatic imine (C=N–C) groups is 1. The summed E-state index contributed by atoms with van der Waals surface area (Å²) in [5.74, 6) is 0.999. The van der Waals surface area contributed by atoms with E-state index in [4.69, 9.17) is 21.7 Å². The molecule has 8 N–H and O–H groups in total. The lowest BCUT2D eigenvalue weighted by atomic mass is 10.1. The van der Waals surface area contributed by atoms with Gasteiger partial charge in [0.2, 0.25) is 0 Å². The molecule has 1 aliphatic heterocycles. The van der Waals surface area contributed by atoms with Crippen LogP contribution in [0.15, 0.2) is 69.1 Å². The van der Waals surface area contributed by atoms with E-state index in [-0.39, 0.29) is 11.8 Å². The Balaban J connectivity index is 1.43. The monoisotopic (exact) mass is 477 g/mol. The Bertz CT molecular complexity index is 1400. The van der Waals surface area contributed by atoms with E-state index in [0.29, 0.717) is 46.5 Å². The van der Waals surface area contributed by atoms with Crippen molar-refractivity contribution in [2.24, 2.45) is 16.5 Å². The number of fused-ring (bicyclic) bond motifs is 1. The third-order valence-electron chi connectivity index (χ3n) is 5.60. The van der Waals surface area contributed by atoms with Gasteiger partial charge in [-0.05, 0) is 29.7 Å². The van der Waals surface area contributed by atoms with Crippen LogP contribution < -0.4 is 17.2 Å². The molecule has 0 spiro atoms. The Morgan fingerprint density at radius 3 is 2.56 bits per heavy atom. The van der Waals surface area contributed by atoms with E-state index < -0.39 is 10.6 Å². The summed E-state index contributed by atoms with van der Waals surface area (Å²) in [6.45, 7) is 0.396. The van der Waals surface area contributed by atoms with Crippen LogP contribution in [-0.4, -0.2) is 35.9 Å². The Morgan fingerprint density at radius 2 is 1.79 bits per heavy atom. The van der Waals surface area contributed by atoms with Crippen LogP contribution >= 0.6 is 10.6 Å². The minimum absolute atomic E-state index is 0.0436. The van der Waals surface area contributed by atoms with E-state index in [1.54, 1.807) is 24.4 Å². The third kappa shape index (κ3) is 4.19.